The van der Waals surface area contributed by atoms with Gasteiger partial charge in [0.2, 0.25) is 0 Å². The number of ether oxygens (including phenoxy) is 1. The summed E-state index contributed by atoms with van der Waals surface area (Å²) in [6, 6.07) is 24.9. The molecule has 3 amide bonds. The molecule has 0 aliphatic carbocycles. The predicted octanol–water partition coefficient (Wildman–Crippen LogP) is 5.36. The molecule has 0 saturated carbocycles. The van der Waals surface area contributed by atoms with Crippen molar-refractivity contribution in [1.29, 1.82) is 0 Å². The Kier molecular flexibility index (Phi) is 7.50. The number of hydrogen-bond donors (Lipinski definition) is 1. The molecule has 10 heteroatoms. The van der Waals surface area contributed by atoms with E-state index in [1.165, 1.54) is 24.3 Å². The second-order valence-electron chi connectivity index (χ2n) is 9.44. The summed E-state index contributed by atoms with van der Waals surface area (Å²) in [4.78, 5) is 40.3. The Labute approximate surface area is 231 Å². The van der Waals surface area contributed by atoms with Crippen LogP contribution in [-0.4, -0.2) is 64.5 Å². The number of methoxy groups -OCH3 is 1. The largest absolute Gasteiger partial charge is 0.497 e. The van der Waals surface area contributed by atoms with E-state index in [-0.39, 0.29) is 17.6 Å². The maximum Gasteiger partial charge on any atom is 0.321 e. The molecule has 0 radical (unpaired) electrons. The van der Waals surface area contributed by atoms with Crippen LogP contribution in [0.5, 0.6) is 5.75 Å². The van der Waals surface area contributed by atoms with Crippen LogP contribution in [0.2, 0.25) is 0 Å². The van der Waals surface area contributed by atoms with Crippen LogP contribution in [0.1, 0.15) is 16.1 Å². The van der Waals surface area contributed by atoms with Gasteiger partial charge in [-0.15, -0.1) is 0 Å². The van der Waals surface area contributed by atoms with Gasteiger partial charge >= 0.3 is 6.03 Å². The molecule has 1 aliphatic heterocycles. The number of rotatable bonds is 6. The third-order valence-electron chi connectivity index (χ3n) is 7.04. The fraction of sp³-hybridized carbons (Fsp3) is 0.200. The van der Waals surface area contributed by atoms with Crippen molar-refractivity contribution in [2.24, 2.45) is 0 Å². The third kappa shape index (κ3) is 5.37. The van der Waals surface area contributed by atoms with Crippen molar-refractivity contribution in [3.63, 3.8) is 0 Å². The molecule has 3 aromatic carbocycles. The summed E-state index contributed by atoms with van der Waals surface area (Å²) in [6.45, 7) is 3.45. The molecule has 5 rings (SSSR count). The van der Waals surface area contributed by atoms with Crippen molar-refractivity contribution in [3.8, 4) is 22.7 Å². The molecule has 0 atom stereocenters. The van der Waals surface area contributed by atoms with E-state index in [1.54, 1.807) is 16.9 Å². The van der Waals surface area contributed by atoms with Gasteiger partial charge in [0.15, 0.2) is 0 Å². The minimum Gasteiger partial charge on any atom is -0.497 e. The number of hydrogen-bond acceptors (Lipinski definition) is 5. The van der Waals surface area contributed by atoms with Crippen molar-refractivity contribution in [2.45, 2.75) is 6.92 Å². The molecule has 1 aliphatic rings. The number of piperazine rings is 1. The van der Waals surface area contributed by atoms with Crippen molar-refractivity contribution < 1.29 is 19.2 Å². The summed E-state index contributed by atoms with van der Waals surface area (Å²) in [5.74, 6) is 0.638. The van der Waals surface area contributed by atoms with E-state index in [4.69, 9.17) is 4.74 Å². The number of carbonyl (C=O) groups is 2. The van der Waals surface area contributed by atoms with Gasteiger partial charge in [-0.1, -0.05) is 30.3 Å². The summed E-state index contributed by atoms with van der Waals surface area (Å²) >= 11 is 0. The first-order valence-electron chi connectivity index (χ1n) is 12.9. The first kappa shape index (κ1) is 26.5. The molecule has 10 nitrogen and oxygen atoms in total. The third-order valence-corrected chi connectivity index (χ3v) is 7.04. The van der Waals surface area contributed by atoms with Gasteiger partial charge in [-0.25, -0.2) is 4.79 Å². The van der Waals surface area contributed by atoms with E-state index in [9.17, 15) is 19.7 Å². The number of benzene rings is 3. The highest BCUT2D eigenvalue weighted by Gasteiger charge is 2.28. The summed E-state index contributed by atoms with van der Waals surface area (Å²) < 4.78 is 7.51. The predicted molar refractivity (Wildman–Crippen MR) is 152 cm³/mol. The minimum atomic E-state index is -0.489. The molecule has 1 saturated heterocycles. The summed E-state index contributed by atoms with van der Waals surface area (Å²) in [5.41, 5.74) is 4.61. The monoisotopic (exact) mass is 539 g/mol. The highest BCUT2D eigenvalue weighted by molar-refractivity contribution is 5.98. The van der Waals surface area contributed by atoms with Gasteiger partial charge in [0.05, 0.1) is 23.3 Å². The molecule has 4 aromatic rings. The Balaban J connectivity index is 1.33. The van der Waals surface area contributed by atoms with Crippen molar-refractivity contribution >= 4 is 23.3 Å². The van der Waals surface area contributed by atoms with E-state index >= 15 is 0 Å². The lowest BCUT2D eigenvalue weighted by Crippen LogP contribution is -2.51. The molecule has 1 N–H and O–H groups in total. The van der Waals surface area contributed by atoms with Gasteiger partial charge in [-0.05, 0) is 49.4 Å². The number of amides is 3. The lowest BCUT2D eigenvalue weighted by Gasteiger charge is -2.34. The average Bonchev–Trinajstić information content (AvgIpc) is 3.34. The van der Waals surface area contributed by atoms with Crippen molar-refractivity contribution in [3.05, 3.63) is 106 Å². The zero-order valence-electron chi connectivity index (χ0n) is 22.2. The molecule has 2 heterocycles. The molecule has 0 spiro atoms. The van der Waals surface area contributed by atoms with Crippen LogP contribution in [0, 0.1) is 17.0 Å². The Morgan fingerprint density at radius 1 is 0.875 bits per heavy atom. The number of nitrogens with zero attached hydrogens (tertiary/aromatic N) is 4. The quantitative estimate of drug-likeness (QED) is 0.262. The van der Waals surface area contributed by atoms with Gasteiger partial charge in [0.25, 0.3) is 11.6 Å². The minimum absolute atomic E-state index is 0.0453. The van der Waals surface area contributed by atoms with Gasteiger partial charge in [-0.2, -0.15) is 0 Å². The van der Waals surface area contributed by atoms with E-state index in [2.05, 4.69) is 9.88 Å². The van der Waals surface area contributed by atoms with Crippen LogP contribution in [0.3, 0.4) is 0 Å². The summed E-state index contributed by atoms with van der Waals surface area (Å²) in [5, 5.41) is 13.6. The zero-order chi connectivity index (χ0) is 28.2. The van der Waals surface area contributed by atoms with Gasteiger partial charge in [0.1, 0.15) is 5.75 Å². The fourth-order valence-corrected chi connectivity index (χ4v) is 4.88. The Hall–Kier alpha value is -5.12. The maximum atomic E-state index is 13.7. The van der Waals surface area contributed by atoms with E-state index in [0.29, 0.717) is 37.4 Å². The number of nitro benzene ring substituents is 1. The molecule has 0 unspecified atom stereocenters. The number of urea groups is 1. The van der Waals surface area contributed by atoms with Gasteiger partial charge in [-0.3, -0.25) is 14.9 Å². The first-order chi connectivity index (χ1) is 19.4. The van der Waals surface area contributed by atoms with Crippen molar-refractivity contribution in [1.82, 2.24) is 14.4 Å². The molecular weight excluding hydrogens is 510 g/mol. The Morgan fingerprint density at radius 2 is 1.55 bits per heavy atom. The topological polar surface area (TPSA) is 110 Å². The molecule has 1 fully saturated rings. The number of para-hydroxylation sites is 1. The van der Waals surface area contributed by atoms with Crippen molar-refractivity contribution in [2.75, 3.05) is 38.6 Å². The van der Waals surface area contributed by atoms with E-state index in [0.717, 1.165) is 28.4 Å². The maximum absolute atomic E-state index is 13.7. The molecule has 40 heavy (non-hydrogen) atoms. The van der Waals surface area contributed by atoms with E-state index in [1.807, 2.05) is 67.6 Å². The van der Waals surface area contributed by atoms with Crippen LogP contribution in [0.15, 0.2) is 84.9 Å². The highest BCUT2D eigenvalue weighted by Crippen LogP contribution is 2.32. The smallest absolute Gasteiger partial charge is 0.321 e. The zero-order valence-corrected chi connectivity index (χ0v) is 22.2. The van der Waals surface area contributed by atoms with Crippen LogP contribution in [-0.2, 0) is 0 Å². The number of aromatic nitrogens is 1. The first-order valence-corrected chi connectivity index (χ1v) is 12.9. The fourth-order valence-electron chi connectivity index (χ4n) is 4.88. The Morgan fingerprint density at radius 3 is 2.20 bits per heavy atom. The van der Waals surface area contributed by atoms with Crippen LogP contribution >= 0.6 is 0 Å². The molecule has 0 bridgehead atoms. The van der Waals surface area contributed by atoms with Gasteiger partial charge in [0, 0.05) is 60.9 Å². The lowest BCUT2D eigenvalue weighted by atomic mass is 10.1. The standard InChI is InChI=1S/C30H29N5O5/c1-21-27(20-28(22-7-6-10-26(19-22)40-2)34(21)24-8-4-3-5-9-24)29(36)32-15-17-33(18-16-32)30(37)31-23-11-13-25(14-12-23)35(38)39/h3-14,19-20H,15-18H2,1-2H3,(H,31,37). The number of anilines is 1. The summed E-state index contributed by atoms with van der Waals surface area (Å²) in [6.07, 6.45) is 0. The number of carbonyl (C=O) groups excluding carboxylic acids is 2. The summed E-state index contributed by atoms with van der Waals surface area (Å²) in [7, 11) is 1.63. The lowest BCUT2D eigenvalue weighted by molar-refractivity contribution is -0.384. The molecule has 1 aromatic heterocycles. The Bertz CT molecular complexity index is 1540. The highest BCUT2D eigenvalue weighted by atomic mass is 16.6. The second-order valence-corrected chi connectivity index (χ2v) is 9.44. The number of nitro groups is 1. The number of non-ortho nitro benzene ring substituents is 1. The van der Waals surface area contributed by atoms with Gasteiger partial charge < -0.3 is 24.4 Å². The van der Waals surface area contributed by atoms with E-state index < -0.39 is 4.92 Å². The normalized spacial score (nSPS) is 13.2. The van der Waals surface area contributed by atoms with Crippen LogP contribution in [0.25, 0.3) is 16.9 Å². The SMILES string of the molecule is COc1cccc(-c2cc(C(=O)N3CCN(C(=O)Nc4ccc([N+](=O)[O-])cc4)CC3)c(C)n2-c2ccccc2)c1. The molecule has 204 valence electrons. The van der Waals surface area contributed by atoms with Crippen LogP contribution < -0.4 is 10.1 Å². The molecular formula is C30H29N5O5. The number of nitrogens with one attached hydrogen (secondary N) is 1. The average molecular weight is 540 g/mol. The van der Waals surface area contributed by atoms with Crippen LogP contribution in [0.4, 0.5) is 16.2 Å². The second kappa shape index (κ2) is 11.3.